The quantitative estimate of drug-likeness (QED) is 0.756. The Balaban J connectivity index is 1.86. The topological polar surface area (TPSA) is 104 Å². The number of nitrogens with one attached hydrogen (secondary N) is 1. The molecule has 2 rings (SSSR count). The Labute approximate surface area is 141 Å². The second-order valence-electron chi connectivity index (χ2n) is 5.80. The van der Waals surface area contributed by atoms with Crippen LogP contribution in [0.15, 0.2) is 24.3 Å². The van der Waals surface area contributed by atoms with E-state index >= 15 is 0 Å². The molecule has 0 radical (unpaired) electrons. The van der Waals surface area contributed by atoms with Gasteiger partial charge in [-0.05, 0) is 30.5 Å². The Kier molecular flexibility index (Phi) is 5.95. The average Bonchev–Trinajstić information content (AvgIpc) is 3.04. The molecule has 0 spiro atoms. The molecule has 1 aliphatic rings. The fraction of sp³-hybridized carbons (Fsp3) is 0.500. The summed E-state index contributed by atoms with van der Waals surface area (Å²) >= 11 is 0. The van der Waals surface area contributed by atoms with Gasteiger partial charge in [0.05, 0.1) is 10.8 Å². The number of hydrogen-bond acceptors (Lipinski definition) is 4. The molecule has 132 valence electrons. The molecule has 1 saturated heterocycles. The zero-order valence-corrected chi connectivity index (χ0v) is 14.4. The predicted octanol–water partition coefficient (Wildman–Crippen LogP) is 0.858. The Morgan fingerprint density at radius 3 is 2.54 bits per heavy atom. The number of carboxylic acids is 1. The Bertz CT molecular complexity index is 700. The lowest BCUT2D eigenvalue weighted by Gasteiger charge is -2.17. The van der Waals surface area contributed by atoms with Crippen LogP contribution in [0.3, 0.4) is 0 Å². The number of carbonyl (C=O) groups is 2. The van der Waals surface area contributed by atoms with Crippen molar-refractivity contribution in [3.8, 4) is 0 Å². The van der Waals surface area contributed by atoms with Gasteiger partial charge in [0.2, 0.25) is 15.9 Å². The Morgan fingerprint density at radius 1 is 1.29 bits per heavy atom. The minimum atomic E-state index is -3.36. The number of sulfonamides is 1. The average molecular weight is 354 g/mol. The van der Waals surface area contributed by atoms with Crippen LogP contribution in [-0.4, -0.2) is 55.2 Å². The van der Waals surface area contributed by atoms with E-state index in [0.29, 0.717) is 25.9 Å². The van der Waals surface area contributed by atoms with Gasteiger partial charge in [0.25, 0.3) is 0 Å². The third kappa shape index (κ3) is 4.55. The van der Waals surface area contributed by atoms with Crippen molar-refractivity contribution >= 4 is 21.9 Å². The number of rotatable bonds is 7. The predicted molar refractivity (Wildman–Crippen MR) is 89.3 cm³/mol. The fourth-order valence-corrected chi connectivity index (χ4v) is 4.18. The lowest BCUT2D eigenvalue weighted by Crippen LogP contribution is -2.37. The molecular formula is C16H22N2O5S. The van der Waals surface area contributed by atoms with Gasteiger partial charge in [-0.1, -0.05) is 19.1 Å². The molecular weight excluding hydrogens is 332 g/mol. The molecule has 1 fully saturated rings. The largest absolute Gasteiger partial charge is 0.478 e. The molecule has 1 aromatic rings. The summed E-state index contributed by atoms with van der Waals surface area (Å²) in [6.45, 7) is 2.75. The number of aryl methyl sites for hydroxylation is 1. The van der Waals surface area contributed by atoms with Gasteiger partial charge in [-0.2, -0.15) is 0 Å². The first-order chi connectivity index (χ1) is 11.3. The van der Waals surface area contributed by atoms with E-state index in [9.17, 15) is 18.0 Å². The van der Waals surface area contributed by atoms with Crippen molar-refractivity contribution in [1.29, 1.82) is 0 Å². The van der Waals surface area contributed by atoms with Gasteiger partial charge in [0, 0.05) is 26.1 Å². The van der Waals surface area contributed by atoms with Crippen molar-refractivity contribution in [1.82, 2.24) is 9.62 Å². The van der Waals surface area contributed by atoms with E-state index in [4.69, 9.17) is 5.11 Å². The first-order valence-electron chi connectivity index (χ1n) is 7.92. The first kappa shape index (κ1) is 18.4. The Hall–Kier alpha value is -1.93. The van der Waals surface area contributed by atoms with Crippen molar-refractivity contribution < 1.29 is 23.1 Å². The summed E-state index contributed by atoms with van der Waals surface area (Å²) in [6, 6.07) is 6.41. The lowest BCUT2D eigenvalue weighted by atomic mass is 10.1. The number of likely N-dealkylation sites (tertiary alicyclic amines) is 1. The molecule has 1 atom stereocenters. The highest BCUT2D eigenvalue weighted by Crippen LogP contribution is 2.18. The number of aromatic carboxylic acids is 1. The summed E-state index contributed by atoms with van der Waals surface area (Å²) in [7, 11) is -3.36. The van der Waals surface area contributed by atoms with Crippen LogP contribution in [0, 0.1) is 0 Å². The highest BCUT2D eigenvalue weighted by atomic mass is 32.2. The second-order valence-corrected chi connectivity index (χ2v) is 7.84. The molecule has 0 saturated carbocycles. The van der Waals surface area contributed by atoms with Crippen molar-refractivity contribution in [2.24, 2.45) is 0 Å². The lowest BCUT2D eigenvalue weighted by molar-refractivity contribution is -0.130. The van der Waals surface area contributed by atoms with Gasteiger partial charge in [-0.15, -0.1) is 0 Å². The van der Waals surface area contributed by atoms with Gasteiger partial charge in [-0.3, -0.25) is 4.79 Å². The number of carboxylic acid groups (broad SMARTS) is 1. The first-order valence-corrected chi connectivity index (χ1v) is 9.46. The normalized spacial score (nSPS) is 17.9. The molecule has 0 bridgehead atoms. The third-order valence-corrected chi connectivity index (χ3v) is 6.06. The minimum absolute atomic E-state index is 0.0773. The third-order valence-electron chi connectivity index (χ3n) is 4.11. The maximum Gasteiger partial charge on any atom is 0.335 e. The second kappa shape index (κ2) is 7.76. The number of carbonyl (C=O) groups excluding carboxylic acids is 1. The van der Waals surface area contributed by atoms with E-state index in [1.165, 1.54) is 12.1 Å². The van der Waals surface area contributed by atoms with Gasteiger partial charge >= 0.3 is 5.97 Å². The fourth-order valence-electron chi connectivity index (χ4n) is 2.75. The molecule has 8 heteroatoms. The van der Waals surface area contributed by atoms with Crippen LogP contribution in [-0.2, 0) is 21.2 Å². The summed E-state index contributed by atoms with van der Waals surface area (Å²) < 4.78 is 26.4. The summed E-state index contributed by atoms with van der Waals surface area (Å²) in [5, 5.41) is 8.31. The monoisotopic (exact) mass is 354 g/mol. The Morgan fingerprint density at radius 2 is 1.96 bits per heavy atom. The van der Waals surface area contributed by atoms with Gasteiger partial charge in [0.1, 0.15) is 0 Å². The van der Waals surface area contributed by atoms with Crippen LogP contribution in [0.1, 0.15) is 35.7 Å². The smallest absolute Gasteiger partial charge is 0.335 e. The molecule has 1 aromatic carbocycles. The van der Waals surface area contributed by atoms with E-state index in [1.54, 1.807) is 24.0 Å². The van der Waals surface area contributed by atoms with Crippen LogP contribution >= 0.6 is 0 Å². The standard InChI is InChI=1S/C16H22N2O5S/c1-2-17-24(22,23)14-9-10-18(11-14)15(19)8-5-12-3-6-13(7-4-12)16(20)21/h3-4,6-7,14,17H,2,5,8-11H2,1H3,(H,20,21). The van der Waals surface area contributed by atoms with Crippen LogP contribution in [0.5, 0.6) is 0 Å². The maximum atomic E-state index is 12.2. The van der Waals surface area contributed by atoms with E-state index in [0.717, 1.165) is 5.56 Å². The van der Waals surface area contributed by atoms with Gasteiger partial charge in [-0.25, -0.2) is 17.9 Å². The summed E-state index contributed by atoms with van der Waals surface area (Å²) in [5.41, 5.74) is 1.09. The van der Waals surface area contributed by atoms with Crippen molar-refractivity contribution in [3.63, 3.8) is 0 Å². The molecule has 24 heavy (non-hydrogen) atoms. The molecule has 1 aliphatic heterocycles. The van der Waals surface area contributed by atoms with Crippen molar-refractivity contribution in [2.45, 2.75) is 31.4 Å². The highest BCUT2D eigenvalue weighted by Gasteiger charge is 2.34. The van der Waals surface area contributed by atoms with Crippen molar-refractivity contribution in [2.75, 3.05) is 19.6 Å². The summed E-state index contributed by atoms with van der Waals surface area (Å²) in [4.78, 5) is 24.6. The number of benzene rings is 1. The van der Waals surface area contributed by atoms with Gasteiger partial charge < -0.3 is 10.0 Å². The molecule has 1 heterocycles. The van der Waals surface area contributed by atoms with Crippen LogP contribution in [0.2, 0.25) is 0 Å². The molecule has 1 amide bonds. The summed E-state index contributed by atoms with van der Waals surface area (Å²) in [6.07, 6.45) is 1.23. The summed E-state index contributed by atoms with van der Waals surface area (Å²) in [5.74, 6) is -1.06. The van der Waals surface area contributed by atoms with Crippen LogP contribution < -0.4 is 4.72 Å². The zero-order valence-electron chi connectivity index (χ0n) is 13.6. The van der Waals surface area contributed by atoms with Crippen molar-refractivity contribution in [3.05, 3.63) is 35.4 Å². The van der Waals surface area contributed by atoms with E-state index < -0.39 is 21.2 Å². The van der Waals surface area contributed by atoms with E-state index in [-0.39, 0.29) is 24.4 Å². The van der Waals surface area contributed by atoms with Crippen LogP contribution in [0.25, 0.3) is 0 Å². The maximum absolute atomic E-state index is 12.2. The molecule has 0 aromatic heterocycles. The highest BCUT2D eigenvalue weighted by molar-refractivity contribution is 7.90. The molecule has 0 aliphatic carbocycles. The minimum Gasteiger partial charge on any atom is -0.478 e. The molecule has 7 nitrogen and oxygen atoms in total. The van der Waals surface area contributed by atoms with E-state index in [1.807, 2.05) is 0 Å². The number of amides is 1. The zero-order chi connectivity index (χ0) is 17.7. The SMILES string of the molecule is CCNS(=O)(=O)C1CCN(C(=O)CCc2ccc(C(=O)O)cc2)C1. The molecule has 1 unspecified atom stereocenters. The van der Waals surface area contributed by atoms with Crippen LogP contribution in [0.4, 0.5) is 0 Å². The number of hydrogen-bond donors (Lipinski definition) is 2. The van der Waals surface area contributed by atoms with E-state index in [2.05, 4.69) is 4.72 Å². The molecule has 2 N–H and O–H groups in total. The number of nitrogens with zero attached hydrogens (tertiary/aromatic N) is 1. The van der Waals surface area contributed by atoms with Gasteiger partial charge in [0.15, 0.2) is 0 Å².